The number of rotatable bonds is 2. The highest BCUT2D eigenvalue weighted by atomic mass is 79.9. The molecule has 0 bridgehead atoms. The van der Waals surface area contributed by atoms with Gasteiger partial charge in [0, 0.05) is 23.8 Å². The highest BCUT2D eigenvalue weighted by molar-refractivity contribution is 9.10. The summed E-state index contributed by atoms with van der Waals surface area (Å²) >= 11 is 7.42. The summed E-state index contributed by atoms with van der Waals surface area (Å²) in [7, 11) is 0. The topological polar surface area (TPSA) is 0 Å². The minimum atomic E-state index is 0.254. The van der Waals surface area contributed by atoms with E-state index in [0.29, 0.717) is 0 Å². The molecular weight excluding hydrogens is 312 g/mol. The molecule has 1 aromatic carbocycles. The minimum Gasteiger partial charge on any atom is -0.120 e. The first kappa shape index (κ1) is 15.5. The molecule has 0 N–H and O–H groups in total. The maximum atomic E-state index is 3.60. The van der Waals surface area contributed by atoms with Crippen LogP contribution in [0.5, 0.6) is 0 Å². The van der Waals surface area contributed by atoms with E-state index in [1.807, 2.05) is 23.5 Å². The lowest BCUT2D eigenvalue weighted by Gasteiger charge is -2.21. The molecule has 0 nitrogen and oxygen atoms in total. The van der Waals surface area contributed by atoms with Crippen molar-refractivity contribution in [2.24, 2.45) is 0 Å². The van der Waals surface area contributed by atoms with Gasteiger partial charge in [0.2, 0.25) is 0 Å². The van der Waals surface area contributed by atoms with Crippen LogP contribution < -0.4 is 0 Å². The predicted octanol–water partition coefficient (Wildman–Crippen LogP) is 6.23. The molecular formula is C14H21BrS2. The lowest BCUT2D eigenvalue weighted by Crippen LogP contribution is -2.08. The number of halogens is 1. The van der Waals surface area contributed by atoms with Crippen molar-refractivity contribution in [1.29, 1.82) is 0 Å². The van der Waals surface area contributed by atoms with E-state index in [0.717, 1.165) is 0 Å². The first-order valence-corrected chi connectivity index (χ1v) is 8.16. The largest absolute Gasteiger partial charge is 0.120 e. The lowest BCUT2D eigenvalue weighted by atomic mass is 10.3. The van der Waals surface area contributed by atoms with Gasteiger partial charge in [-0.3, -0.25) is 0 Å². The SMILES string of the molecule is CC(C)(C)Sc1cc(Br)cc(SC(C)(C)C)c1. The predicted molar refractivity (Wildman–Crippen MR) is 85.4 cm³/mol. The van der Waals surface area contributed by atoms with Crippen LogP contribution in [0.4, 0.5) is 0 Å². The monoisotopic (exact) mass is 332 g/mol. The summed E-state index contributed by atoms with van der Waals surface area (Å²) in [6.45, 7) is 13.5. The molecule has 0 heterocycles. The first-order chi connectivity index (χ1) is 7.55. The van der Waals surface area contributed by atoms with Gasteiger partial charge in [-0.25, -0.2) is 0 Å². The van der Waals surface area contributed by atoms with E-state index >= 15 is 0 Å². The number of hydrogen-bond donors (Lipinski definition) is 0. The number of benzene rings is 1. The Labute approximate surface area is 122 Å². The van der Waals surface area contributed by atoms with Crippen LogP contribution in [0.25, 0.3) is 0 Å². The molecule has 0 saturated heterocycles. The van der Waals surface area contributed by atoms with E-state index in [-0.39, 0.29) is 9.49 Å². The van der Waals surface area contributed by atoms with Crippen LogP contribution in [0.3, 0.4) is 0 Å². The van der Waals surface area contributed by atoms with Gasteiger partial charge in [0.25, 0.3) is 0 Å². The third kappa shape index (κ3) is 6.78. The summed E-state index contributed by atoms with van der Waals surface area (Å²) in [6, 6.07) is 6.68. The zero-order valence-electron chi connectivity index (χ0n) is 11.4. The molecule has 0 aliphatic rings. The smallest absolute Gasteiger partial charge is 0.0197 e. The molecule has 96 valence electrons. The highest BCUT2D eigenvalue weighted by Crippen LogP contribution is 2.39. The van der Waals surface area contributed by atoms with Gasteiger partial charge in [0.15, 0.2) is 0 Å². The lowest BCUT2D eigenvalue weighted by molar-refractivity contribution is 0.800. The Morgan fingerprint density at radius 1 is 0.765 bits per heavy atom. The second-order valence-corrected chi connectivity index (χ2v) is 10.8. The summed E-state index contributed by atoms with van der Waals surface area (Å²) in [5, 5.41) is 0. The maximum absolute atomic E-state index is 3.60. The van der Waals surface area contributed by atoms with Gasteiger partial charge in [-0.05, 0) is 18.2 Å². The Bertz CT molecular complexity index is 352. The van der Waals surface area contributed by atoms with Crippen molar-refractivity contribution in [1.82, 2.24) is 0 Å². The average molecular weight is 333 g/mol. The van der Waals surface area contributed by atoms with E-state index in [2.05, 4.69) is 75.7 Å². The van der Waals surface area contributed by atoms with Crippen LogP contribution >= 0.6 is 39.5 Å². The van der Waals surface area contributed by atoms with Gasteiger partial charge in [0.05, 0.1) is 0 Å². The Morgan fingerprint density at radius 2 is 1.12 bits per heavy atom. The summed E-state index contributed by atoms with van der Waals surface area (Å²) in [6.07, 6.45) is 0. The van der Waals surface area contributed by atoms with Crippen molar-refractivity contribution < 1.29 is 0 Å². The van der Waals surface area contributed by atoms with Gasteiger partial charge in [-0.15, -0.1) is 23.5 Å². The average Bonchev–Trinajstić information content (AvgIpc) is 1.93. The van der Waals surface area contributed by atoms with Crippen molar-refractivity contribution >= 4 is 39.5 Å². The molecule has 1 aromatic rings. The molecule has 0 saturated carbocycles. The van der Waals surface area contributed by atoms with Crippen LogP contribution in [0.2, 0.25) is 0 Å². The van der Waals surface area contributed by atoms with Gasteiger partial charge in [0.1, 0.15) is 0 Å². The summed E-state index contributed by atoms with van der Waals surface area (Å²) in [5.74, 6) is 0. The van der Waals surface area contributed by atoms with Crippen LogP contribution in [0, 0.1) is 0 Å². The minimum absolute atomic E-state index is 0.254. The normalized spacial score (nSPS) is 12.9. The van der Waals surface area contributed by atoms with Crippen LogP contribution in [0.1, 0.15) is 41.5 Å². The molecule has 0 atom stereocenters. The summed E-state index contributed by atoms with van der Waals surface area (Å²) < 4.78 is 1.67. The molecule has 1 rings (SSSR count). The maximum Gasteiger partial charge on any atom is 0.0197 e. The van der Waals surface area contributed by atoms with Crippen molar-refractivity contribution in [3.05, 3.63) is 22.7 Å². The van der Waals surface area contributed by atoms with E-state index in [4.69, 9.17) is 0 Å². The van der Waals surface area contributed by atoms with Crippen molar-refractivity contribution in [2.45, 2.75) is 60.8 Å². The molecule has 0 fully saturated rings. The zero-order chi connectivity index (χ0) is 13.3. The third-order valence-electron chi connectivity index (χ3n) is 1.69. The van der Waals surface area contributed by atoms with Gasteiger partial charge >= 0.3 is 0 Å². The van der Waals surface area contributed by atoms with Crippen molar-refractivity contribution in [2.75, 3.05) is 0 Å². The number of thioether (sulfide) groups is 2. The fraction of sp³-hybridized carbons (Fsp3) is 0.571. The van der Waals surface area contributed by atoms with E-state index in [1.165, 1.54) is 14.3 Å². The fourth-order valence-corrected chi connectivity index (χ4v) is 4.39. The van der Waals surface area contributed by atoms with Crippen molar-refractivity contribution in [3.63, 3.8) is 0 Å². The molecule has 0 aliphatic heterocycles. The van der Waals surface area contributed by atoms with Crippen molar-refractivity contribution in [3.8, 4) is 0 Å². The molecule has 0 amide bonds. The molecule has 0 unspecified atom stereocenters. The second-order valence-electron chi connectivity index (χ2n) is 6.05. The fourth-order valence-electron chi connectivity index (χ4n) is 1.36. The van der Waals surface area contributed by atoms with Crippen LogP contribution in [-0.2, 0) is 0 Å². The molecule has 3 heteroatoms. The Morgan fingerprint density at radius 3 is 1.41 bits per heavy atom. The summed E-state index contributed by atoms with van der Waals surface area (Å²) in [5.41, 5.74) is 0. The number of hydrogen-bond acceptors (Lipinski definition) is 2. The van der Waals surface area contributed by atoms with Crippen LogP contribution in [-0.4, -0.2) is 9.49 Å². The van der Waals surface area contributed by atoms with Gasteiger partial charge < -0.3 is 0 Å². The van der Waals surface area contributed by atoms with E-state index in [1.54, 1.807) is 0 Å². The van der Waals surface area contributed by atoms with Gasteiger partial charge in [-0.2, -0.15) is 0 Å². The standard InChI is InChI=1S/C14H21BrS2/c1-13(2,3)16-11-7-10(15)8-12(9-11)17-14(4,5)6/h7-9H,1-6H3. The molecule has 17 heavy (non-hydrogen) atoms. The van der Waals surface area contributed by atoms with E-state index < -0.39 is 0 Å². The Balaban J connectivity index is 2.95. The van der Waals surface area contributed by atoms with Crippen LogP contribution in [0.15, 0.2) is 32.5 Å². The molecule has 0 aromatic heterocycles. The molecule has 0 aliphatic carbocycles. The molecule has 0 spiro atoms. The Kier molecular flexibility index (Phi) is 5.07. The molecule has 0 radical (unpaired) electrons. The first-order valence-electron chi connectivity index (χ1n) is 5.74. The quantitative estimate of drug-likeness (QED) is 0.588. The zero-order valence-corrected chi connectivity index (χ0v) is 14.6. The van der Waals surface area contributed by atoms with Gasteiger partial charge in [-0.1, -0.05) is 57.5 Å². The summed E-state index contributed by atoms with van der Waals surface area (Å²) in [4.78, 5) is 2.66. The Hall–Kier alpha value is 0.400. The second kappa shape index (κ2) is 5.58. The third-order valence-corrected chi connectivity index (χ3v) is 4.32. The highest BCUT2D eigenvalue weighted by Gasteiger charge is 2.16. The van der Waals surface area contributed by atoms with E-state index in [9.17, 15) is 0 Å².